The maximum atomic E-state index is 13.6. The Bertz CT molecular complexity index is 1120. The van der Waals surface area contributed by atoms with E-state index in [1.54, 1.807) is 19.1 Å². The molecule has 3 aromatic carbocycles. The van der Waals surface area contributed by atoms with Crippen molar-refractivity contribution in [2.24, 2.45) is 0 Å². The number of carbonyl (C=O) groups excluding carboxylic acids is 1. The first-order valence-electron chi connectivity index (χ1n) is 13.0. The Morgan fingerprint density at radius 1 is 0.919 bits per heavy atom. The number of nitrogens with zero attached hydrogens (tertiary/aromatic N) is 2. The first-order valence-corrected chi connectivity index (χ1v) is 13.0. The van der Waals surface area contributed by atoms with Crippen molar-refractivity contribution in [2.75, 3.05) is 45.9 Å². The van der Waals surface area contributed by atoms with Crippen molar-refractivity contribution in [3.05, 3.63) is 107 Å². The number of hydrogen-bond donors (Lipinski definition) is 1. The standard InChI is InChI=1S/C31H36N2O4/c1-24-12-13-25(22-29(24)31(35)36)23-30(34)33(17-16-32-18-20-37-21-19-32)15-14-28(26-8-4-2-5-9-26)27-10-6-3-7-11-27/h2-13,22,28H,14-21,23H2,1H3,(H,35,36). The van der Waals surface area contributed by atoms with Gasteiger partial charge in [-0.25, -0.2) is 4.79 Å². The average Bonchev–Trinajstić information content (AvgIpc) is 2.93. The van der Waals surface area contributed by atoms with Crippen LogP contribution in [0.25, 0.3) is 0 Å². The van der Waals surface area contributed by atoms with Gasteiger partial charge in [-0.3, -0.25) is 9.69 Å². The minimum absolute atomic E-state index is 0.0216. The molecule has 0 bridgehead atoms. The molecule has 0 aliphatic carbocycles. The molecule has 0 atom stereocenters. The summed E-state index contributed by atoms with van der Waals surface area (Å²) in [4.78, 5) is 29.5. The molecule has 4 rings (SSSR count). The third kappa shape index (κ3) is 7.51. The molecular formula is C31H36N2O4. The van der Waals surface area contributed by atoms with Crippen LogP contribution in [0.4, 0.5) is 0 Å². The maximum absolute atomic E-state index is 13.6. The highest BCUT2D eigenvalue weighted by atomic mass is 16.5. The van der Waals surface area contributed by atoms with Gasteiger partial charge in [0.2, 0.25) is 5.91 Å². The predicted molar refractivity (Wildman–Crippen MR) is 145 cm³/mol. The third-order valence-electron chi connectivity index (χ3n) is 7.12. The van der Waals surface area contributed by atoms with Gasteiger partial charge in [0.25, 0.3) is 0 Å². The van der Waals surface area contributed by atoms with Gasteiger partial charge in [-0.05, 0) is 41.7 Å². The van der Waals surface area contributed by atoms with Crippen LogP contribution in [0.2, 0.25) is 0 Å². The number of carboxylic acids is 1. The van der Waals surface area contributed by atoms with Crippen LogP contribution in [0.15, 0.2) is 78.9 Å². The van der Waals surface area contributed by atoms with Gasteiger partial charge in [-0.1, -0.05) is 72.8 Å². The van der Waals surface area contributed by atoms with E-state index >= 15 is 0 Å². The molecule has 6 heteroatoms. The Hall–Kier alpha value is -3.48. The largest absolute Gasteiger partial charge is 0.478 e. The molecule has 1 aliphatic heterocycles. The number of ether oxygens (including phenoxy) is 1. The lowest BCUT2D eigenvalue weighted by molar-refractivity contribution is -0.131. The second-order valence-corrected chi connectivity index (χ2v) is 9.63. The molecule has 194 valence electrons. The van der Waals surface area contributed by atoms with Gasteiger partial charge in [0.15, 0.2) is 0 Å². The smallest absolute Gasteiger partial charge is 0.335 e. The zero-order valence-corrected chi connectivity index (χ0v) is 21.5. The van der Waals surface area contributed by atoms with Crippen LogP contribution in [-0.4, -0.2) is 72.7 Å². The molecule has 37 heavy (non-hydrogen) atoms. The highest BCUT2D eigenvalue weighted by molar-refractivity contribution is 5.90. The third-order valence-corrected chi connectivity index (χ3v) is 7.12. The number of aryl methyl sites for hydroxylation is 1. The van der Waals surface area contributed by atoms with Crippen molar-refractivity contribution in [1.82, 2.24) is 9.80 Å². The van der Waals surface area contributed by atoms with Crippen molar-refractivity contribution in [2.45, 2.75) is 25.7 Å². The van der Waals surface area contributed by atoms with Gasteiger partial charge >= 0.3 is 5.97 Å². The lowest BCUT2D eigenvalue weighted by Gasteiger charge is -2.31. The fourth-order valence-corrected chi connectivity index (χ4v) is 4.93. The summed E-state index contributed by atoms with van der Waals surface area (Å²) in [7, 11) is 0. The monoisotopic (exact) mass is 500 g/mol. The number of rotatable bonds is 11. The summed E-state index contributed by atoms with van der Waals surface area (Å²) in [5.74, 6) is -0.767. The molecule has 1 N–H and O–H groups in total. The molecule has 6 nitrogen and oxygen atoms in total. The summed E-state index contributed by atoms with van der Waals surface area (Å²) >= 11 is 0. The molecule has 1 amide bonds. The Morgan fingerprint density at radius 3 is 2.14 bits per heavy atom. The fraction of sp³-hybridized carbons (Fsp3) is 0.355. The second-order valence-electron chi connectivity index (χ2n) is 9.63. The molecular weight excluding hydrogens is 464 g/mol. The molecule has 1 aliphatic rings. The van der Waals surface area contributed by atoms with Gasteiger partial charge in [0.1, 0.15) is 0 Å². The zero-order chi connectivity index (χ0) is 26.0. The molecule has 0 spiro atoms. The summed E-state index contributed by atoms with van der Waals surface area (Å²) in [6, 6.07) is 26.2. The molecule has 0 saturated carbocycles. The van der Waals surface area contributed by atoms with Crippen LogP contribution < -0.4 is 0 Å². The van der Waals surface area contributed by atoms with Crippen LogP contribution in [0.1, 0.15) is 45.0 Å². The van der Waals surface area contributed by atoms with Gasteiger partial charge in [-0.15, -0.1) is 0 Å². The molecule has 0 radical (unpaired) electrons. The summed E-state index contributed by atoms with van der Waals surface area (Å²) in [5.41, 5.74) is 4.14. The number of amides is 1. The van der Waals surface area contributed by atoms with Gasteiger partial charge in [0, 0.05) is 38.6 Å². The van der Waals surface area contributed by atoms with Crippen LogP contribution in [-0.2, 0) is 16.0 Å². The first kappa shape index (κ1) is 26.6. The van der Waals surface area contributed by atoms with E-state index in [2.05, 4.69) is 53.4 Å². The SMILES string of the molecule is Cc1ccc(CC(=O)N(CCC(c2ccccc2)c2ccccc2)CCN2CCOCC2)cc1C(=O)O. The summed E-state index contributed by atoms with van der Waals surface area (Å²) in [6.07, 6.45) is 0.988. The number of aromatic carboxylic acids is 1. The van der Waals surface area contributed by atoms with Crippen molar-refractivity contribution in [1.29, 1.82) is 0 Å². The number of hydrogen-bond acceptors (Lipinski definition) is 4. The van der Waals surface area contributed by atoms with E-state index < -0.39 is 5.97 Å². The van der Waals surface area contributed by atoms with E-state index in [0.717, 1.165) is 44.8 Å². The van der Waals surface area contributed by atoms with Crippen molar-refractivity contribution in [3.8, 4) is 0 Å². The number of carbonyl (C=O) groups is 2. The summed E-state index contributed by atoms with van der Waals surface area (Å²) in [5, 5.41) is 9.51. The molecule has 1 heterocycles. The molecule has 3 aromatic rings. The number of carboxylic acid groups (broad SMARTS) is 1. The van der Waals surface area contributed by atoms with Crippen molar-refractivity contribution >= 4 is 11.9 Å². The van der Waals surface area contributed by atoms with E-state index in [0.29, 0.717) is 18.7 Å². The predicted octanol–water partition coefficient (Wildman–Crippen LogP) is 4.62. The zero-order valence-electron chi connectivity index (χ0n) is 21.5. The van der Waals surface area contributed by atoms with E-state index in [1.165, 1.54) is 11.1 Å². The topological polar surface area (TPSA) is 70.1 Å². The highest BCUT2D eigenvalue weighted by Crippen LogP contribution is 2.28. The van der Waals surface area contributed by atoms with E-state index in [-0.39, 0.29) is 23.8 Å². The Labute approximate surface area is 219 Å². The molecule has 0 unspecified atom stereocenters. The Kier molecular flexibility index (Phi) is 9.46. The lowest BCUT2D eigenvalue weighted by atomic mass is 9.88. The van der Waals surface area contributed by atoms with Gasteiger partial charge < -0.3 is 14.7 Å². The first-order chi connectivity index (χ1) is 18.0. The summed E-state index contributed by atoms with van der Waals surface area (Å²) < 4.78 is 5.48. The minimum atomic E-state index is -0.968. The fourth-order valence-electron chi connectivity index (χ4n) is 4.93. The Balaban J connectivity index is 1.51. The van der Waals surface area contributed by atoms with E-state index in [1.807, 2.05) is 23.1 Å². The van der Waals surface area contributed by atoms with Crippen molar-refractivity contribution in [3.63, 3.8) is 0 Å². The second kappa shape index (κ2) is 13.2. The van der Waals surface area contributed by atoms with Crippen LogP contribution in [0.5, 0.6) is 0 Å². The van der Waals surface area contributed by atoms with E-state index in [4.69, 9.17) is 4.74 Å². The number of morpholine rings is 1. The average molecular weight is 501 g/mol. The Morgan fingerprint density at radius 2 is 1.54 bits per heavy atom. The van der Waals surface area contributed by atoms with Crippen LogP contribution >= 0.6 is 0 Å². The van der Waals surface area contributed by atoms with Crippen molar-refractivity contribution < 1.29 is 19.4 Å². The highest BCUT2D eigenvalue weighted by Gasteiger charge is 2.21. The van der Waals surface area contributed by atoms with Gasteiger partial charge in [-0.2, -0.15) is 0 Å². The molecule has 1 saturated heterocycles. The molecule has 1 fully saturated rings. The lowest BCUT2D eigenvalue weighted by Crippen LogP contribution is -2.44. The number of benzene rings is 3. The quantitative estimate of drug-likeness (QED) is 0.416. The van der Waals surface area contributed by atoms with E-state index in [9.17, 15) is 14.7 Å². The van der Waals surface area contributed by atoms with Crippen LogP contribution in [0, 0.1) is 6.92 Å². The normalized spacial score (nSPS) is 14.0. The molecule has 0 aromatic heterocycles. The van der Waals surface area contributed by atoms with Crippen LogP contribution in [0.3, 0.4) is 0 Å². The maximum Gasteiger partial charge on any atom is 0.335 e. The minimum Gasteiger partial charge on any atom is -0.478 e. The van der Waals surface area contributed by atoms with Gasteiger partial charge in [0.05, 0.1) is 25.2 Å². The summed E-state index contributed by atoms with van der Waals surface area (Å²) in [6.45, 7) is 7.01.